The van der Waals surface area contributed by atoms with E-state index in [1.54, 1.807) is 4.90 Å². The van der Waals surface area contributed by atoms with Gasteiger partial charge in [-0.15, -0.1) is 0 Å². The number of hydrogen-bond acceptors (Lipinski definition) is 3. The van der Waals surface area contributed by atoms with Crippen LogP contribution in [-0.4, -0.2) is 24.9 Å². The average Bonchev–Trinajstić information content (AvgIpc) is 3.01. The summed E-state index contributed by atoms with van der Waals surface area (Å²) in [6.45, 7) is 6.83. The van der Waals surface area contributed by atoms with E-state index in [-0.39, 0.29) is 30.2 Å². The van der Waals surface area contributed by atoms with Gasteiger partial charge in [-0.05, 0) is 37.5 Å². The van der Waals surface area contributed by atoms with E-state index in [9.17, 15) is 9.59 Å². The Morgan fingerprint density at radius 1 is 1.19 bits per heavy atom. The summed E-state index contributed by atoms with van der Waals surface area (Å²) < 4.78 is 0. The zero-order chi connectivity index (χ0) is 19.6. The zero-order valence-electron chi connectivity index (χ0n) is 16.2. The van der Waals surface area contributed by atoms with Crippen LogP contribution in [0.2, 0.25) is 0 Å². The highest BCUT2D eigenvalue weighted by molar-refractivity contribution is 6.01. The van der Waals surface area contributed by atoms with Crippen LogP contribution in [0, 0.1) is 26.7 Å². The fourth-order valence-electron chi connectivity index (χ4n) is 3.87. The highest BCUT2D eigenvalue weighted by Gasteiger charge is 2.36. The Balaban J connectivity index is 1.64. The molecule has 3 rings (SSSR count). The molecule has 3 N–H and O–H groups in total. The van der Waals surface area contributed by atoms with Crippen molar-refractivity contribution >= 4 is 17.5 Å². The number of nitrogens with zero attached hydrogens (tertiary/aromatic N) is 1. The van der Waals surface area contributed by atoms with Crippen LogP contribution in [0.25, 0.3) is 0 Å². The molecule has 5 nitrogen and oxygen atoms in total. The van der Waals surface area contributed by atoms with Crippen molar-refractivity contribution in [3.05, 3.63) is 64.7 Å². The van der Waals surface area contributed by atoms with Crippen molar-refractivity contribution in [2.75, 3.05) is 18.0 Å². The fraction of sp³-hybridized carbons (Fsp3) is 0.364. The third kappa shape index (κ3) is 4.19. The lowest BCUT2D eigenvalue weighted by atomic mass is 10.0. The summed E-state index contributed by atoms with van der Waals surface area (Å²) in [7, 11) is 0. The van der Waals surface area contributed by atoms with E-state index in [1.165, 1.54) is 5.56 Å². The molecule has 0 aromatic heterocycles. The highest BCUT2D eigenvalue weighted by Crippen LogP contribution is 2.31. The maximum Gasteiger partial charge on any atom is 0.227 e. The number of nitrogens with one attached hydrogen (secondary N) is 1. The monoisotopic (exact) mass is 365 g/mol. The Labute approximate surface area is 160 Å². The lowest BCUT2D eigenvalue weighted by Gasteiger charge is -2.22. The second kappa shape index (κ2) is 7.92. The number of amides is 2. The summed E-state index contributed by atoms with van der Waals surface area (Å²) in [5.74, 6) is -0.460. The minimum absolute atomic E-state index is 0.00226. The maximum atomic E-state index is 12.6. The Morgan fingerprint density at radius 2 is 1.81 bits per heavy atom. The molecule has 27 heavy (non-hydrogen) atoms. The zero-order valence-corrected chi connectivity index (χ0v) is 16.2. The smallest absolute Gasteiger partial charge is 0.227 e. The van der Waals surface area contributed by atoms with Gasteiger partial charge in [0.25, 0.3) is 0 Å². The molecule has 142 valence electrons. The van der Waals surface area contributed by atoms with Gasteiger partial charge >= 0.3 is 0 Å². The molecule has 0 radical (unpaired) electrons. The normalized spacial score (nSPS) is 17.9. The van der Waals surface area contributed by atoms with Gasteiger partial charge in [-0.3, -0.25) is 9.59 Å². The molecule has 1 aliphatic heterocycles. The van der Waals surface area contributed by atoms with Crippen molar-refractivity contribution < 1.29 is 9.59 Å². The number of carbonyl (C=O) groups excluding carboxylic acids is 2. The Morgan fingerprint density at radius 3 is 2.44 bits per heavy atom. The number of aryl methyl sites for hydroxylation is 3. The van der Waals surface area contributed by atoms with Crippen LogP contribution in [0.1, 0.15) is 34.7 Å². The number of nitrogens with two attached hydrogens (primary N) is 1. The fourth-order valence-corrected chi connectivity index (χ4v) is 3.87. The van der Waals surface area contributed by atoms with E-state index in [2.05, 4.69) is 17.4 Å². The number of anilines is 1. The van der Waals surface area contributed by atoms with Gasteiger partial charge in [0.1, 0.15) is 0 Å². The molecule has 0 saturated carbocycles. The molecule has 1 aliphatic rings. The molecule has 0 spiro atoms. The molecular weight excluding hydrogens is 338 g/mol. The summed E-state index contributed by atoms with van der Waals surface area (Å²) in [5.41, 5.74) is 11.4. The highest BCUT2D eigenvalue weighted by atomic mass is 16.2. The molecule has 1 heterocycles. The minimum Gasteiger partial charge on any atom is -0.354 e. The number of benzene rings is 2. The summed E-state index contributed by atoms with van der Waals surface area (Å²) >= 11 is 0. The standard InChI is InChI=1S/C22H27N3O2/c1-14-9-15(2)21(16(3)10-14)25-13-18(11-20(25)26)22(27)24-12-19(23)17-7-5-4-6-8-17/h4-10,18-19H,11-13,23H2,1-3H3,(H,24,27). The van der Waals surface area contributed by atoms with E-state index in [0.717, 1.165) is 22.4 Å². The summed E-state index contributed by atoms with van der Waals surface area (Å²) in [5, 5.41) is 2.91. The van der Waals surface area contributed by atoms with Gasteiger partial charge in [0.15, 0.2) is 0 Å². The van der Waals surface area contributed by atoms with Crippen LogP contribution in [0.5, 0.6) is 0 Å². The van der Waals surface area contributed by atoms with Crippen molar-refractivity contribution in [3.8, 4) is 0 Å². The number of hydrogen-bond donors (Lipinski definition) is 2. The van der Waals surface area contributed by atoms with E-state index in [1.807, 2.05) is 51.1 Å². The van der Waals surface area contributed by atoms with Gasteiger partial charge in [-0.1, -0.05) is 48.0 Å². The van der Waals surface area contributed by atoms with Gasteiger partial charge in [-0.2, -0.15) is 0 Å². The second-order valence-electron chi connectivity index (χ2n) is 7.42. The van der Waals surface area contributed by atoms with E-state index in [0.29, 0.717) is 13.1 Å². The predicted molar refractivity (Wildman–Crippen MR) is 107 cm³/mol. The molecule has 2 unspecified atom stereocenters. The van der Waals surface area contributed by atoms with Gasteiger partial charge < -0.3 is 16.0 Å². The summed E-state index contributed by atoms with van der Waals surface area (Å²) in [6.07, 6.45) is 0.235. The third-order valence-corrected chi connectivity index (χ3v) is 5.13. The van der Waals surface area contributed by atoms with Crippen LogP contribution in [0.3, 0.4) is 0 Å². The number of carbonyl (C=O) groups is 2. The van der Waals surface area contributed by atoms with Crippen molar-refractivity contribution in [1.29, 1.82) is 0 Å². The molecule has 2 atom stereocenters. The van der Waals surface area contributed by atoms with Crippen molar-refractivity contribution in [3.63, 3.8) is 0 Å². The molecule has 0 aliphatic carbocycles. The van der Waals surface area contributed by atoms with Crippen molar-refractivity contribution in [2.24, 2.45) is 11.7 Å². The maximum absolute atomic E-state index is 12.6. The van der Waals surface area contributed by atoms with Crippen LogP contribution < -0.4 is 16.0 Å². The van der Waals surface area contributed by atoms with Crippen molar-refractivity contribution in [2.45, 2.75) is 33.2 Å². The molecular formula is C22H27N3O2. The van der Waals surface area contributed by atoms with Gasteiger partial charge in [0, 0.05) is 31.2 Å². The van der Waals surface area contributed by atoms with Gasteiger partial charge in [0.05, 0.1) is 5.92 Å². The molecule has 2 aromatic rings. The lowest BCUT2D eigenvalue weighted by Crippen LogP contribution is -2.37. The SMILES string of the molecule is Cc1cc(C)c(N2CC(C(=O)NCC(N)c3ccccc3)CC2=O)c(C)c1. The van der Waals surface area contributed by atoms with Crippen LogP contribution in [0.4, 0.5) is 5.69 Å². The van der Waals surface area contributed by atoms with Crippen LogP contribution >= 0.6 is 0 Å². The van der Waals surface area contributed by atoms with Crippen LogP contribution in [-0.2, 0) is 9.59 Å². The molecule has 0 bridgehead atoms. The van der Waals surface area contributed by atoms with Crippen LogP contribution in [0.15, 0.2) is 42.5 Å². The number of rotatable bonds is 5. The molecule has 1 fully saturated rings. The Hall–Kier alpha value is -2.66. The van der Waals surface area contributed by atoms with E-state index < -0.39 is 0 Å². The topological polar surface area (TPSA) is 75.4 Å². The molecule has 5 heteroatoms. The first-order valence-corrected chi connectivity index (χ1v) is 9.33. The predicted octanol–water partition coefficient (Wildman–Crippen LogP) is 2.78. The first-order chi connectivity index (χ1) is 12.9. The van der Waals surface area contributed by atoms with Crippen molar-refractivity contribution in [1.82, 2.24) is 5.32 Å². The molecule has 2 amide bonds. The van der Waals surface area contributed by atoms with E-state index in [4.69, 9.17) is 5.73 Å². The van der Waals surface area contributed by atoms with Gasteiger partial charge in [-0.25, -0.2) is 0 Å². The van der Waals surface area contributed by atoms with Gasteiger partial charge in [0.2, 0.25) is 11.8 Å². The summed E-state index contributed by atoms with van der Waals surface area (Å²) in [4.78, 5) is 26.9. The second-order valence-corrected chi connectivity index (χ2v) is 7.42. The first-order valence-electron chi connectivity index (χ1n) is 9.33. The van der Waals surface area contributed by atoms with E-state index >= 15 is 0 Å². The largest absolute Gasteiger partial charge is 0.354 e. The summed E-state index contributed by atoms with van der Waals surface area (Å²) in [6, 6.07) is 13.6. The quantitative estimate of drug-likeness (QED) is 0.855. The first kappa shape index (κ1) is 19.1. The third-order valence-electron chi connectivity index (χ3n) is 5.13. The average molecular weight is 365 g/mol. The Kier molecular flexibility index (Phi) is 5.61. The Bertz CT molecular complexity index is 825. The lowest BCUT2D eigenvalue weighted by molar-refractivity contribution is -0.126. The minimum atomic E-state index is -0.347. The molecule has 1 saturated heterocycles. The molecule has 2 aromatic carbocycles.